The van der Waals surface area contributed by atoms with Gasteiger partial charge in [0, 0.05) is 56.7 Å². The van der Waals surface area contributed by atoms with Crippen LogP contribution < -0.4 is 9.47 Å². The smallest absolute Gasteiger partial charge is 0.122 e. The van der Waals surface area contributed by atoms with Crippen LogP contribution in [0.5, 0.6) is 11.5 Å². The molecule has 0 fully saturated rings. The van der Waals surface area contributed by atoms with Crippen LogP contribution >= 0.6 is 0 Å². The van der Waals surface area contributed by atoms with Crippen LogP contribution in [0.3, 0.4) is 0 Å². The van der Waals surface area contributed by atoms with Gasteiger partial charge in [0.2, 0.25) is 0 Å². The summed E-state index contributed by atoms with van der Waals surface area (Å²) in [4.78, 5) is 17.0. The largest absolute Gasteiger partial charge is 0.497 e. The molecule has 4 rings (SSSR count). The molecular weight excluding hydrogens is 567 g/mol. The Balaban J connectivity index is 0.000000215. The maximum Gasteiger partial charge on any atom is 0.122 e. The summed E-state index contributed by atoms with van der Waals surface area (Å²) in [7, 11) is 3.25. The molecule has 0 aliphatic carbocycles. The van der Waals surface area contributed by atoms with E-state index in [1.54, 1.807) is 38.7 Å². The van der Waals surface area contributed by atoms with Crippen molar-refractivity contribution < 1.29 is 29.3 Å². The third kappa shape index (κ3) is 6.94. The summed E-state index contributed by atoms with van der Waals surface area (Å²) in [6.07, 6.45) is 7.01. The van der Waals surface area contributed by atoms with Crippen molar-refractivity contribution in [2.45, 2.75) is 13.8 Å². The number of aryl methyl sites for hydroxylation is 2. The molecular formula is C24H24N4O2Os. The Labute approximate surface area is 195 Å². The van der Waals surface area contributed by atoms with E-state index in [-0.39, 0.29) is 19.8 Å². The van der Waals surface area contributed by atoms with Gasteiger partial charge in [0.1, 0.15) is 11.5 Å². The first kappa shape index (κ1) is 24.1. The van der Waals surface area contributed by atoms with E-state index in [2.05, 4.69) is 33.8 Å². The number of methoxy groups -OCH3 is 2. The van der Waals surface area contributed by atoms with Crippen molar-refractivity contribution in [1.82, 2.24) is 19.9 Å². The van der Waals surface area contributed by atoms with E-state index in [0.29, 0.717) is 0 Å². The summed E-state index contributed by atoms with van der Waals surface area (Å²) in [5, 5.41) is 0. The molecule has 0 unspecified atom stereocenters. The van der Waals surface area contributed by atoms with Crippen LogP contribution in [0.25, 0.3) is 22.8 Å². The van der Waals surface area contributed by atoms with Gasteiger partial charge < -0.3 is 9.47 Å². The van der Waals surface area contributed by atoms with E-state index in [1.807, 2.05) is 48.8 Å². The van der Waals surface area contributed by atoms with Crippen molar-refractivity contribution in [3.05, 3.63) is 84.4 Å². The average molecular weight is 591 g/mol. The van der Waals surface area contributed by atoms with Gasteiger partial charge in [-0.2, -0.15) is 0 Å². The summed E-state index contributed by atoms with van der Waals surface area (Å²) >= 11 is 0. The van der Waals surface area contributed by atoms with Crippen molar-refractivity contribution in [3.8, 4) is 34.3 Å². The monoisotopic (exact) mass is 592 g/mol. The summed E-state index contributed by atoms with van der Waals surface area (Å²) in [5.41, 5.74) is 5.82. The Hall–Kier alpha value is -3.16. The van der Waals surface area contributed by atoms with Crippen LogP contribution in [0, 0.1) is 13.8 Å². The van der Waals surface area contributed by atoms with E-state index in [0.717, 1.165) is 34.3 Å². The quantitative estimate of drug-likeness (QED) is 0.336. The van der Waals surface area contributed by atoms with Crippen molar-refractivity contribution in [3.63, 3.8) is 0 Å². The number of rotatable bonds is 4. The molecule has 0 saturated heterocycles. The zero-order valence-electron chi connectivity index (χ0n) is 17.9. The number of nitrogens with zero attached hydrogens (tertiary/aromatic N) is 4. The minimum Gasteiger partial charge on any atom is -0.497 e. The van der Waals surface area contributed by atoms with E-state index in [9.17, 15) is 0 Å². The molecule has 0 atom stereocenters. The van der Waals surface area contributed by atoms with Crippen LogP contribution in [0.15, 0.2) is 73.3 Å². The maximum absolute atomic E-state index is 5.13. The Morgan fingerprint density at radius 2 is 0.839 bits per heavy atom. The van der Waals surface area contributed by atoms with Crippen LogP contribution in [0.1, 0.15) is 11.1 Å². The molecule has 31 heavy (non-hydrogen) atoms. The molecule has 0 radical (unpaired) electrons. The summed E-state index contributed by atoms with van der Waals surface area (Å²) < 4.78 is 10.3. The zero-order valence-corrected chi connectivity index (χ0v) is 20.4. The molecule has 0 spiro atoms. The van der Waals surface area contributed by atoms with Crippen LogP contribution in [-0.4, -0.2) is 34.2 Å². The topological polar surface area (TPSA) is 70.0 Å². The summed E-state index contributed by atoms with van der Waals surface area (Å²) in [6, 6.07) is 15.3. The number of pyridine rings is 4. The third-order valence-electron chi connectivity index (χ3n) is 4.29. The molecule has 4 aromatic rings. The van der Waals surface area contributed by atoms with Crippen LogP contribution in [0.2, 0.25) is 0 Å². The van der Waals surface area contributed by atoms with Gasteiger partial charge in [-0.3, -0.25) is 19.9 Å². The summed E-state index contributed by atoms with van der Waals surface area (Å²) in [6.45, 7) is 4.11. The van der Waals surface area contributed by atoms with E-state index in [4.69, 9.17) is 9.47 Å². The van der Waals surface area contributed by atoms with E-state index < -0.39 is 0 Å². The van der Waals surface area contributed by atoms with Crippen molar-refractivity contribution >= 4 is 0 Å². The normalized spacial score (nSPS) is 9.68. The second-order valence-corrected chi connectivity index (χ2v) is 6.60. The van der Waals surface area contributed by atoms with Crippen LogP contribution in [-0.2, 0) is 19.8 Å². The number of hydrogen-bond acceptors (Lipinski definition) is 6. The number of aromatic nitrogens is 4. The van der Waals surface area contributed by atoms with Gasteiger partial charge in [0.05, 0.1) is 37.0 Å². The second-order valence-electron chi connectivity index (χ2n) is 6.60. The molecule has 0 aliphatic rings. The van der Waals surface area contributed by atoms with Crippen molar-refractivity contribution in [2.24, 2.45) is 0 Å². The van der Waals surface area contributed by atoms with E-state index >= 15 is 0 Å². The predicted octanol–water partition coefficient (Wildman–Crippen LogP) is 4.92. The Morgan fingerprint density at radius 3 is 1.16 bits per heavy atom. The first-order chi connectivity index (χ1) is 14.6. The number of ether oxygens (including phenoxy) is 2. The van der Waals surface area contributed by atoms with Crippen molar-refractivity contribution in [2.75, 3.05) is 14.2 Å². The molecule has 0 N–H and O–H groups in total. The Bertz CT molecular complexity index is 1030. The molecule has 7 heteroatoms. The molecule has 0 aromatic carbocycles. The minimum absolute atomic E-state index is 0. The second kappa shape index (κ2) is 11.9. The molecule has 0 bridgehead atoms. The van der Waals surface area contributed by atoms with E-state index in [1.165, 1.54) is 11.1 Å². The standard InChI is InChI=1S/C12H12N2O2.C12H12N2.Os/c1-15-9-3-5-13-11(7-9)12-8-10(16-2)4-6-14-12;1-9-3-5-13-11(7-9)12-8-10(2)4-6-14-12;/h3-8H,1-2H3;3-8H,1-2H3;. The molecule has 4 heterocycles. The minimum atomic E-state index is 0. The fourth-order valence-electron chi connectivity index (χ4n) is 2.71. The van der Waals surface area contributed by atoms with Gasteiger partial charge in [-0.05, 0) is 61.4 Å². The SMILES string of the molecule is COc1ccnc(-c2cc(OC)ccn2)c1.Cc1ccnc(-c2cc(C)ccn2)c1.[Os]. The van der Waals surface area contributed by atoms with Crippen LogP contribution in [0.4, 0.5) is 0 Å². The fourth-order valence-corrected chi connectivity index (χ4v) is 2.71. The van der Waals surface area contributed by atoms with Gasteiger partial charge in [-0.15, -0.1) is 0 Å². The molecule has 0 amide bonds. The first-order valence-corrected chi connectivity index (χ1v) is 9.45. The molecule has 160 valence electrons. The van der Waals surface area contributed by atoms with Gasteiger partial charge in [0.25, 0.3) is 0 Å². The molecule has 4 aromatic heterocycles. The van der Waals surface area contributed by atoms with Gasteiger partial charge in [-0.1, -0.05) is 0 Å². The molecule has 0 aliphatic heterocycles. The fraction of sp³-hybridized carbons (Fsp3) is 0.167. The molecule has 6 nitrogen and oxygen atoms in total. The zero-order chi connectivity index (χ0) is 21.3. The Kier molecular flexibility index (Phi) is 9.24. The average Bonchev–Trinajstić information content (AvgIpc) is 2.79. The predicted molar refractivity (Wildman–Crippen MR) is 118 cm³/mol. The van der Waals surface area contributed by atoms with Crippen molar-refractivity contribution in [1.29, 1.82) is 0 Å². The first-order valence-electron chi connectivity index (χ1n) is 9.45. The molecule has 0 saturated carbocycles. The summed E-state index contributed by atoms with van der Waals surface area (Å²) in [5.74, 6) is 1.52. The maximum atomic E-state index is 5.13. The van der Waals surface area contributed by atoms with Gasteiger partial charge in [-0.25, -0.2) is 0 Å². The third-order valence-corrected chi connectivity index (χ3v) is 4.29. The van der Waals surface area contributed by atoms with Gasteiger partial charge in [0.15, 0.2) is 0 Å². The number of hydrogen-bond donors (Lipinski definition) is 0. The van der Waals surface area contributed by atoms with Gasteiger partial charge >= 0.3 is 0 Å². The Morgan fingerprint density at radius 1 is 0.516 bits per heavy atom.